The number of para-hydroxylation sites is 1. The topological polar surface area (TPSA) is 36.3 Å². The highest BCUT2D eigenvalue weighted by Crippen LogP contribution is 2.40. The summed E-state index contributed by atoms with van der Waals surface area (Å²) in [5, 5.41) is 5.64. The van der Waals surface area contributed by atoms with Gasteiger partial charge in [0.15, 0.2) is 0 Å². The molecule has 0 bridgehead atoms. The molecule has 1 aliphatic rings. The van der Waals surface area contributed by atoms with Gasteiger partial charge in [-0.05, 0) is 31.0 Å². The maximum Gasteiger partial charge on any atom is 0.149 e. The average Bonchev–Trinajstić information content (AvgIpc) is 3.29. The quantitative estimate of drug-likeness (QED) is 0.672. The second-order valence-electron chi connectivity index (χ2n) is 6.43. The third-order valence-electron chi connectivity index (χ3n) is 5.01. The Balaban J connectivity index is 1.95. The van der Waals surface area contributed by atoms with Crippen LogP contribution in [-0.2, 0) is 0 Å². The number of benzene rings is 2. The lowest BCUT2D eigenvalue weighted by molar-refractivity contribution is 0.395. The van der Waals surface area contributed by atoms with Crippen LogP contribution in [0.25, 0.3) is 22.2 Å². The van der Waals surface area contributed by atoms with Crippen LogP contribution >= 0.6 is 0 Å². The van der Waals surface area contributed by atoms with Crippen molar-refractivity contribution in [1.29, 1.82) is 0 Å². The van der Waals surface area contributed by atoms with E-state index in [2.05, 4.69) is 0 Å². The predicted octanol–water partition coefficient (Wildman–Crippen LogP) is 4.97. The van der Waals surface area contributed by atoms with E-state index >= 15 is 0 Å². The van der Waals surface area contributed by atoms with E-state index in [4.69, 9.17) is 14.6 Å². The van der Waals surface area contributed by atoms with Crippen molar-refractivity contribution in [3.05, 3.63) is 42.2 Å². The Labute approximate surface area is 146 Å². The average molecular weight is 340 g/mol. The molecule has 1 aromatic heterocycles. The Morgan fingerprint density at radius 1 is 1.08 bits per heavy atom. The molecule has 4 rings (SSSR count). The van der Waals surface area contributed by atoms with Gasteiger partial charge in [-0.25, -0.2) is 4.39 Å². The van der Waals surface area contributed by atoms with Crippen LogP contribution in [0.4, 0.5) is 4.39 Å². The highest BCUT2D eigenvalue weighted by molar-refractivity contribution is 5.95. The molecule has 4 nitrogen and oxygen atoms in total. The summed E-state index contributed by atoms with van der Waals surface area (Å²) in [7, 11) is 3.24. The molecule has 0 saturated heterocycles. The fraction of sp³-hybridized carbons (Fsp3) is 0.350. The standard InChI is InChI=1S/C20H21FN2O2/c1-24-14-10-11-15(18(12-14)25-2)19-16-8-5-9-17(21)20(16)23(22-19)13-6-3-4-7-13/h5,8-13H,3-4,6-7H2,1-2H3. The zero-order valence-electron chi connectivity index (χ0n) is 14.5. The predicted molar refractivity (Wildman–Crippen MR) is 95.7 cm³/mol. The van der Waals surface area contributed by atoms with Crippen LogP contribution in [0.1, 0.15) is 31.7 Å². The number of halogens is 1. The molecular formula is C20H21FN2O2. The van der Waals surface area contributed by atoms with Gasteiger partial charge in [-0.1, -0.05) is 25.0 Å². The summed E-state index contributed by atoms with van der Waals surface area (Å²) in [5.74, 6) is 1.16. The van der Waals surface area contributed by atoms with Crippen molar-refractivity contribution in [2.24, 2.45) is 0 Å². The van der Waals surface area contributed by atoms with Gasteiger partial charge < -0.3 is 9.47 Å². The summed E-state index contributed by atoms with van der Waals surface area (Å²) < 4.78 is 27.3. The molecule has 5 heteroatoms. The van der Waals surface area contributed by atoms with Crippen molar-refractivity contribution >= 4 is 10.9 Å². The van der Waals surface area contributed by atoms with Gasteiger partial charge in [0.05, 0.1) is 20.3 Å². The monoisotopic (exact) mass is 340 g/mol. The summed E-state index contributed by atoms with van der Waals surface area (Å²) in [6, 6.07) is 11.0. The number of rotatable bonds is 4. The molecule has 0 aliphatic heterocycles. The van der Waals surface area contributed by atoms with Crippen LogP contribution < -0.4 is 9.47 Å². The molecule has 25 heavy (non-hydrogen) atoms. The molecule has 0 spiro atoms. The minimum atomic E-state index is -0.226. The van der Waals surface area contributed by atoms with Gasteiger partial charge in [0, 0.05) is 17.0 Å². The van der Waals surface area contributed by atoms with Gasteiger partial charge in [-0.3, -0.25) is 4.68 Å². The van der Waals surface area contributed by atoms with Gasteiger partial charge in [0.2, 0.25) is 0 Å². The summed E-state index contributed by atoms with van der Waals surface area (Å²) >= 11 is 0. The van der Waals surface area contributed by atoms with Crippen LogP contribution in [-0.4, -0.2) is 24.0 Å². The smallest absolute Gasteiger partial charge is 0.149 e. The molecular weight excluding hydrogens is 319 g/mol. The number of fused-ring (bicyclic) bond motifs is 1. The second-order valence-corrected chi connectivity index (χ2v) is 6.43. The van der Waals surface area contributed by atoms with Crippen LogP contribution in [0, 0.1) is 5.82 Å². The van der Waals surface area contributed by atoms with Gasteiger partial charge in [0.1, 0.15) is 28.5 Å². The third-order valence-corrected chi connectivity index (χ3v) is 5.01. The fourth-order valence-electron chi connectivity index (χ4n) is 3.76. The summed E-state index contributed by atoms with van der Waals surface area (Å²) in [5.41, 5.74) is 2.18. The van der Waals surface area contributed by atoms with E-state index < -0.39 is 0 Å². The first-order chi connectivity index (χ1) is 12.2. The molecule has 1 fully saturated rings. The summed E-state index contributed by atoms with van der Waals surface area (Å²) in [6.45, 7) is 0. The van der Waals surface area contributed by atoms with Crippen molar-refractivity contribution in [1.82, 2.24) is 9.78 Å². The van der Waals surface area contributed by atoms with E-state index in [1.54, 1.807) is 20.3 Å². The Kier molecular flexibility index (Phi) is 4.07. The van der Waals surface area contributed by atoms with Crippen LogP contribution in [0.15, 0.2) is 36.4 Å². The minimum absolute atomic E-state index is 0.226. The van der Waals surface area contributed by atoms with E-state index in [1.165, 1.54) is 18.9 Å². The number of methoxy groups -OCH3 is 2. The third kappa shape index (κ3) is 2.64. The maximum atomic E-state index is 14.6. The summed E-state index contributed by atoms with van der Waals surface area (Å²) in [6.07, 6.45) is 4.43. The number of ether oxygens (including phenoxy) is 2. The van der Waals surface area contributed by atoms with Crippen molar-refractivity contribution < 1.29 is 13.9 Å². The molecule has 3 aromatic rings. The molecule has 130 valence electrons. The van der Waals surface area contributed by atoms with Gasteiger partial charge in [-0.15, -0.1) is 0 Å². The number of hydrogen-bond acceptors (Lipinski definition) is 3. The number of hydrogen-bond donors (Lipinski definition) is 0. The minimum Gasteiger partial charge on any atom is -0.497 e. The van der Waals surface area contributed by atoms with Crippen molar-refractivity contribution in [3.63, 3.8) is 0 Å². The first kappa shape index (κ1) is 15.9. The summed E-state index contributed by atoms with van der Waals surface area (Å²) in [4.78, 5) is 0. The number of aromatic nitrogens is 2. The Morgan fingerprint density at radius 2 is 1.88 bits per heavy atom. The van der Waals surface area contributed by atoms with Gasteiger partial charge in [0.25, 0.3) is 0 Å². The normalized spacial score (nSPS) is 15.0. The lowest BCUT2D eigenvalue weighted by Gasteiger charge is -2.11. The molecule has 0 N–H and O–H groups in total. The highest BCUT2D eigenvalue weighted by atomic mass is 19.1. The van der Waals surface area contributed by atoms with E-state index in [1.807, 2.05) is 28.9 Å². The maximum absolute atomic E-state index is 14.6. The SMILES string of the molecule is COc1ccc(-c2nn(C3CCCC3)c3c(F)cccc23)c(OC)c1. The van der Waals surface area contributed by atoms with Crippen molar-refractivity contribution in [2.75, 3.05) is 14.2 Å². The molecule has 0 atom stereocenters. The fourth-order valence-corrected chi connectivity index (χ4v) is 3.76. The number of nitrogens with zero attached hydrogens (tertiary/aromatic N) is 2. The second kappa shape index (κ2) is 6.39. The van der Waals surface area contributed by atoms with Crippen LogP contribution in [0.2, 0.25) is 0 Å². The Bertz CT molecular complexity index is 913. The first-order valence-electron chi connectivity index (χ1n) is 8.62. The van der Waals surface area contributed by atoms with E-state index in [-0.39, 0.29) is 11.9 Å². The molecule has 0 unspecified atom stereocenters. The Hall–Kier alpha value is -2.56. The van der Waals surface area contributed by atoms with Crippen molar-refractivity contribution in [3.8, 4) is 22.8 Å². The van der Waals surface area contributed by atoms with Crippen LogP contribution in [0.5, 0.6) is 11.5 Å². The zero-order chi connectivity index (χ0) is 17.4. The van der Waals surface area contributed by atoms with E-state index in [0.717, 1.165) is 29.5 Å². The molecule has 0 radical (unpaired) electrons. The zero-order valence-corrected chi connectivity index (χ0v) is 14.5. The van der Waals surface area contributed by atoms with Gasteiger partial charge in [-0.2, -0.15) is 5.10 Å². The molecule has 1 aliphatic carbocycles. The Morgan fingerprint density at radius 3 is 2.60 bits per heavy atom. The molecule has 0 amide bonds. The largest absolute Gasteiger partial charge is 0.497 e. The van der Waals surface area contributed by atoms with Crippen molar-refractivity contribution in [2.45, 2.75) is 31.7 Å². The molecule has 1 heterocycles. The molecule has 2 aromatic carbocycles. The lowest BCUT2D eigenvalue weighted by atomic mass is 10.1. The van der Waals surface area contributed by atoms with Gasteiger partial charge >= 0.3 is 0 Å². The first-order valence-corrected chi connectivity index (χ1v) is 8.62. The highest BCUT2D eigenvalue weighted by Gasteiger charge is 2.25. The van der Waals surface area contributed by atoms with E-state index in [9.17, 15) is 4.39 Å². The van der Waals surface area contributed by atoms with E-state index in [0.29, 0.717) is 17.0 Å². The molecule has 1 saturated carbocycles. The lowest BCUT2D eigenvalue weighted by Crippen LogP contribution is -2.07. The van der Waals surface area contributed by atoms with Crippen LogP contribution in [0.3, 0.4) is 0 Å².